The Morgan fingerprint density at radius 2 is 2.04 bits per heavy atom. The summed E-state index contributed by atoms with van der Waals surface area (Å²) in [4.78, 5) is 23.7. The van der Waals surface area contributed by atoms with Crippen molar-refractivity contribution < 1.29 is 9.59 Å². The minimum Gasteiger partial charge on any atom is -0.394 e. The van der Waals surface area contributed by atoms with Gasteiger partial charge >= 0.3 is 0 Å². The van der Waals surface area contributed by atoms with Crippen LogP contribution in [-0.2, 0) is 16.1 Å². The van der Waals surface area contributed by atoms with Gasteiger partial charge in [0.05, 0.1) is 0 Å². The molecule has 0 spiro atoms. The number of hydrogen-bond donors (Lipinski definition) is 4. The van der Waals surface area contributed by atoms with Crippen molar-refractivity contribution in [2.45, 2.75) is 44.7 Å². The van der Waals surface area contributed by atoms with Crippen molar-refractivity contribution in [1.82, 2.24) is 10.6 Å². The molecular formula is C19H23ClN4O2. The van der Waals surface area contributed by atoms with Gasteiger partial charge in [-0.1, -0.05) is 23.7 Å². The molecule has 0 bridgehead atoms. The lowest BCUT2D eigenvalue weighted by Crippen LogP contribution is -2.30. The van der Waals surface area contributed by atoms with Crippen molar-refractivity contribution in [2.75, 3.05) is 0 Å². The number of benzene rings is 1. The summed E-state index contributed by atoms with van der Waals surface area (Å²) in [6.07, 6.45) is 3.47. The molecule has 1 heterocycles. The highest BCUT2D eigenvalue weighted by Gasteiger charge is 2.32. The lowest BCUT2D eigenvalue weighted by Gasteiger charge is -2.14. The van der Waals surface area contributed by atoms with E-state index in [0.717, 1.165) is 18.4 Å². The Balaban J connectivity index is 1.57. The van der Waals surface area contributed by atoms with E-state index in [1.165, 1.54) is 0 Å². The zero-order chi connectivity index (χ0) is 18.7. The van der Waals surface area contributed by atoms with Gasteiger partial charge in [0.1, 0.15) is 5.70 Å². The number of hydrogen-bond acceptors (Lipinski definition) is 4. The molecule has 3 rings (SSSR count). The van der Waals surface area contributed by atoms with Gasteiger partial charge in [-0.3, -0.25) is 9.59 Å². The number of amides is 2. The van der Waals surface area contributed by atoms with Gasteiger partial charge in [-0.05, 0) is 49.3 Å². The van der Waals surface area contributed by atoms with Gasteiger partial charge in [-0.15, -0.1) is 0 Å². The van der Waals surface area contributed by atoms with Crippen LogP contribution >= 0.6 is 11.6 Å². The molecule has 2 fully saturated rings. The maximum Gasteiger partial charge on any atom is 0.267 e. The van der Waals surface area contributed by atoms with Crippen molar-refractivity contribution in [3.05, 3.63) is 46.1 Å². The van der Waals surface area contributed by atoms with Crippen molar-refractivity contribution in [1.29, 1.82) is 5.41 Å². The molecule has 1 aliphatic heterocycles. The van der Waals surface area contributed by atoms with Gasteiger partial charge in [0.25, 0.3) is 5.91 Å². The predicted octanol–water partition coefficient (Wildman–Crippen LogP) is 2.27. The molecule has 138 valence electrons. The molecule has 0 aromatic heterocycles. The fourth-order valence-electron chi connectivity index (χ4n) is 3.61. The third kappa shape index (κ3) is 4.43. The summed E-state index contributed by atoms with van der Waals surface area (Å²) in [6.45, 7) is 0.356. The van der Waals surface area contributed by atoms with Crippen LogP contribution < -0.4 is 16.4 Å². The second-order valence-electron chi connectivity index (χ2n) is 6.99. The number of carbonyl (C=O) groups is 2. The highest BCUT2D eigenvalue weighted by Crippen LogP contribution is 2.33. The molecule has 1 unspecified atom stereocenters. The molecule has 6 nitrogen and oxygen atoms in total. The Labute approximate surface area is 157 Å². The topological polar surface area (TPSA) is 108 Å². The Morgan fingerprint density at radius 3 is 2.69 bits per heavy atom. The summed E-state index contributed by atoms with van der Waals surface area (Å²) in [6, 6.07) is 7.40. The van der Waals surface area contributed by atoms with Crippen LogP contribution in [0.15, 0.2) is 35.5 Å². The molecule has 7 heteroatoms. The number of halogens is 1. The lowest BCUT2D eigenvalue weighted by atomic mass is 9.97. The van der Waals surface area contributed by atoms with Gasteiger partial charge in [-0.25, -0.2) is 0 Å². The third-order valence-electron chi connectivity index (χ3n) is 4.99. The van der Waals surface area contributed by atoms with E-state index in [1.54, 1.807) is 12.1 Å². The molecule has 26 heavy (non-hydrogen) atoms. The first kappa shape index (κ1) is 18.5. The molecule has 1 saturated heterocycles. The third-order valence-corrected chi connectivity index (χ3v) is 5.24. The Morgan fingerprint density at radius 1 is 1.31 bits per heavy atom. The molecule has 2 atom stereocenters. The SMILES string of the molecule is N=C1CC(C[C@H]2CCC(=O)N2)CC1=C(N)C(=O)NCc1ccc(Cl)cc1. The van der Waals surface area contributed by atoms with Gasteiger partial charge in [0.2, 0.25) is 5.91 Å². The first-order valence-corrected chi connectivity index (χ1v) is 9.18. The first-order valence-electron chi connectivity index (χ1n) is 8.80. The van der Waals surface area contributed by atoms with Crippen molar-refractivity contribution in [3.63, 3.8) is 0 Å². The van der Waals surface area contributed by atoms with Gasteiger partial charge in [0.15, 0.2) is 0 Å². The molecule has 1 aliphatic carbocycles. The summed E-state index contributed by atoms with van der Waals surface area (Å²) < 4.78 is 0. The summed E-state index contributed by atoms with van der Waals surface area (Å²) in [5, 5.41) is 14.6. The number of nitrogens with one attached hydrogen (secondary N) is 3. The fraction of sp³-hybridized carbons (Fsp3) is 0.421. The second kappa shape index (κ2) is 7.91. The summed E-state index contributed by atoms with van der Waals surface area (Å²) in [7, 11) is 0. The number of nitrogens with two attached hydrogens (primary N) is 1. The van der Waals surface area contributed by atoms with Gasteiger partial charge in [-0.2, -0.15) is 0 Å². The summed E-state index contributed by atoms with van der Waals surface area (Å²) in [5.74, 6) is -0.00188. The molecule has 1 saturated carbocycles. The van der Waals surface area contributed by atoms with E-state index in [-0.39, 0.29) is 29.5 Å². The zero-order valence-corrected chi connectivity index (χ0v) is 15.2. The standard InChI is InChI=1S/C19H23ClN4O2/c20-13-3-1-11(2-4-13)10-23-19(26)18(22)15-8-12(9-16(15)21)7-14-5-6-17(25)24-14/h1-4,12,14,21H,5-10,22H2,(H,23,26)(H,24,25)/t12?,14-/m1/s1. The summed E-state index contributed by atoms with van der Waals surface area (Å²) in [5.41, 5.74) is 8.15. The highest BCUT2D eigenvalue weighted by atomic mass is 35.5. The first-order chi connectivity index (χ1) is 12.4. The Kier molecular flexibility index (Phi) is 5.61. The van der Waals surface area contributed by atoms with E-state index >= 15 is 0 Å². The largest absolute Gasteiger partial charge is 0.394 e. The molecule has 1 aromatic rings. The number of allylic oxidation sites excluding steroid dienone is 1. The maximum absolute atomic E-state index is 12.3. The van der Waals surface area contributed by atoms with Crippen LogP contribution in [0.1, 0.15) is 37.7 Å². The monoisotopic (exact) mass is 374 g/mol. The molecule has 5 N–H and O–H groups in total. The zero-order valence-electron chi connectivity index (χ0n) is 14.5. The maximum atomic E-state index is 12.3. The van der Waals surface area contributed by atoms with Crippen LogP contribution in [0.3, 0.4) is 0 Å². The van der Waals surface area contributed by atoms with Crippen LogP contribution in [0.5, 0.6) is 0 Å². The average Bonchev–Trinajstić information content (AvgIpc) is 3.19. The van der Waals surface area contributed by atoms with Crippen molar-refractivity contribution >= 4 is 29.1 Å². The quantitative estimate of drug-likeness (QED) is 0.593. The Bertz CT molecular complexity index is 757. The van der Waals surface area contributed by atoms with E-state index in [0.29, 0.717) is 42.1 Å². The molecule has 1 aromatic carbocycles. The van der Waals surface area contributed by atoms with E-state index < -0.39 is 0 Å². The van der Waals surface area contributed by atoms with Crippen molar-refractivity contribution in [2.24, 2.45) is 11.7 Å². The van der Waals surface area contributed by atoms with Crippen LogP contribution in [0.25, 0.3) is 0 Å². The van der Waals surface area contributed by atoms with Gasteiger partial charge < -0.3 is 21.8 Å². The normalized spacial score (nSPS) is 24.5. The second-order valence-corrected chi connectivity index (χ2v) is 7.43. The van der Waals surface area contributed by atoms with Crippen LogP contribution in [-0.4, -0.2) is 23.6 Å². The minimum absolute atomic E-state index is 0.0972. The lowest BCUT2D eigenvalue weighted by molar-refractivity contribution is -0.119. The molecule has 2 aliphatic rings. The highest BCUT2D eigenvalue weighted by molar-refractivity contribution is 6.30. The van der Waals surface area contributed by atoms with Crippen LogP contribution in [0, 0.1) is 11.3 Å². The number of rotatable bonds is 5. The molecule has 2 amide bonds. The minimum atomic E-state index is -0.352. The molecular weight excluding hydrogens is 352 g/mol. The number of carbonyl (C=O) groups excluding carboxylic acids is 2. The van der Waals surface area contributed by atoms with Crippen molar-refractivity contribution in [3.8, 4) is 0 Å². The smallest absolute Gasteiger partial charge is 0.267 e. The molecule has 0 radical (unpaired) electrons. The average molecular weight is 375 g/mol. The summed E-state index contributed by atoms with van der Waals surface area (Å²) >= 11 is 5.85. The van der Waals surface area contributed by atoms with E-state index in [1.807, 2.05) is 12.1 Å². The van der Waals surface area contributed by atoms with E-state index in [9.17, 15) is 9.59 Å². The van der Waals surface area contributed by atoms with E-state index in [2.05, 4.69) is 10.6 Å². The Hall–Kier alpha value is -2.34. The predicted molar refractivity (Wildman–Crippen MR) is 101 cm³/mol. The van der Waals surface area contributed by atoms with Crippen LogP contribution in [0.2, 0.25) is 5.02 Å². The fourth-order valence-corrected chi connectivity index (χ4v) is 3.73. The van der Waals surface area contributed by atoms with E-state index in [4.69, 9.17) is 22.7 Å². The van der Waals surface area contributed by atoms with Crippen LogP contribution in [0.4, 0.5) is 0 Å². The van der Waals surface area contributed by atoms with Gasteiger partial charge in [0, 0.05) is 35.3 Å².